The summed E-state index contributed by atoms with van der Waals surface area (Å²) in [5, 5.41) is 3.29. The van der Waals surface area contributed by atoms with E-state index in [1.807, 2.05) is 32.0 Å². The number of halogens is 1. The summed E-state index contributed by atoms with van der Waals surface area (Å²) in [7, 11) is 0. The van der Waals surface area contributed by atoms with Crippen molar-refractivity contribution in [2.75, 3.05) is 5.32 Å². The van der Waals surface area contributed by atoms with Gasteiger partial charge in [-0.15, -0.1) is 0 Å². The summed E-state index contributed by atoms with van der Waals surface area (Å²) in [5.74, 6) is -0.0151. The summed E-state index contributed by atoms with van der Waals surface area (Å²) >= 11 is 5.79. The fourth-order valence-electron chi connectivity index (χ4n) is 2.00. The monoisotopic (exact) mass is 288 g/mol. The van der Waals surface area contributed by atoms with Crippen LogP contribution in [0.2, 0.25) is 5.15 Å². The van der Waals surface area contributed by atoms with Crippen molar-refractivity contribution in [1.82, 2.24) is 4.98 Å². The van der Waals surface area contributed by atoms with Crippen molar-refractivity contribution in [3.05, 3.63) is 58.4 Å². The molecule has 2 rings (SSSR count). The van der Waals surface area contributed by atoms with Crippen molar-refractivity contribution in [2.24, 2.45) is 0 Å². The first-order valence-corrected chi connectivity index (χ1v) is 6.91. The third-order valence-electron chi connectivity index (χ3n) is 3.05. The molecule has 0 spiro atoms. The molecule has 104 valence electrons. The van der Waals surface area contributed by atoms with Crippen LogP contribution in [0.1, 0.15) is 23.2 Å². The van der Waals surface area contributed by atoms with Crippen LogP contribution in [0.15, 0.2) is 36.4 Å². The van der Waals surface area contributed by atoms with Crippen LogP contribution < -0.4 is 5.32 Å². The molecule has 1 heterocycles. The summed E-state index contributed by atoms with van der Waals surface area (Å²) in [6, 6.07) is 11.6. The fraction of sp³-hybridized carbons (Fsp3) is 0.250. The number of carbonyl (C=O) groups excluding carboxylic acids is 1. The van der Waals surface area contributed by atoms with Crippen LogP contribution in [0.3, 0.4) is 0 Å². The number of hydrogen-bond donors (Lipinski definition) is 1. The van der Waals surface area contributed by atoms with Gasteiger partial charge in [0.2, 0.25) is 5.91 Å². The summed E-state index contributed by atoms with van der Waals surface area (Å²) in [6.07, 6.45) is 1.18. The average molecular weight is 289 g/mol. The number of amides is 1. The summed E-state index contributed by atoms with van der Waals surface area (Å²) in [6.45, 7) is 3.87. The maximum absolute atomic E-state index is 11.9. The van der Waals surface area contributed by atoms with Gasteiger partial charge in [0, 0.05) is 6.42 Å². The topological polar surface area (TPSA) is 42.0 Å². The number of pyridine rings is 1. The standard InChI is InChI=1S/C16H17ClN2O/c1-11-4-3-5-13(10-11)6-9-16(20)19-14-7-8-15(17)18-12(14)2/h3-5,7-8,10H,6,9H2,1-2H3,(H,19,20). The van der Waals surface area contributed by atoms with Gasteiger partial charge in [-0.2, -0.15) is 0 Å². The first-order valence-electron chi connectivity index (χ1n) is 6.53. The van der Waals surface area contributed by atoms with E-state index < -0.39 is 0 Å². The molecule has 0 atom stereocenters. The van der Waals surface area contributed by atoms with E-state index in [-0.39, 0.29) is 5.91 Å². The molecule has 1 N–H and O–H groups in total. The second-order valence-corrected chi connectivity index (χ2v) is 5.19. The Bertz CT molecular complexity index is 626. The van der Waals surface area contributed by atoms with E-state index >= 15 is 0 Å². The van der Waals surface area contributed by atoms with Gasteiger partial charge in [0.1, 0.15) is 5.15 Å². The van der Waals surface area contributed by atoms with Crippen molar-refractivity contribution in [2.45, 2.75) is 26.7 Å². The summed E-state index contributed by atoms with van der Waals surface area (Å²) in [5.41, 5.74) is 3.82. The molecule has 1 aromatic heterocycles. The summed E-state index contributed by atoms with van der Waals surface area (Å²) in [4.78, 5) is 16.0. The number of aryl methyl sites for hydroxylation is 3. The lowest BCUT2D eigenvalue weighted by Crippen LogP contribution is -2.13. The highest BCUT2D eigenvalue weighted by Crippen LogP contribution is 2.16. The fourth-order valence-corrected chi connectivity index (χ4v) is 2.19. The minimum atomic E-state index is -0.0151. The zero-order chi connectivity index (χ0) is 14.5. The second-order valence-electron chi connectivity index (χ2n) is 4.80. The Kier molecular flexibility index (Phi) is 4.74. The molecule has 4 heteroatoms. The molecule has 2 aromatic rings. The number of benzene rings is 1. The molecule has 1 amide bonds. The molecule has 0 fully saturated rings. The minimum Gasteiger partial charge on any atom is -0.324 e. The van der Waals surface area contributed by atoms with E-state index in [9.17, 15) is 4.79 Å². The van der Waals surface area contributed by atoms with Crippen LogP contribution in [0, 0.1) is 13.8 Å². The predicted molar refractivity (Wildman–Crippen MR) is 82.1 cm³/mol. The third kappa shape index (κ3) is 4.07. The average Bonchev–Trinajstić information content (AvgIpc) is 2.40. The molecule has 0 saturated heterocycles. The van der Waals surface area contributed by atoms with E-state index in [0.29, 0.717) is 17.3 Å². The number of anilines is 1. The Labute approximate surface area is 124 Å². The number of carbonyl (C=O) groups is 1. The van der Waals surface area contributed by atoms with Gasteiger partial charge in [-0.1, -0.05) is 41.4 Å². The lowest BCUT2D eigenvalue weighted by atomic mass is 10.1. The summed E-state index contributed by atoms with van der Waals surface area (Å²) < 4.78 is 0. The van der Waals surface area contributed by atoms with Crippen LogP contribution in [-0.2, 0) is 11.2 Å². The second kappa shape index (κ2) is 6.53. The maximum Gasteiger partial charge on any atom is 0.224 e. The Morgan fingerprint density at radius 1 is 1.25 bits per heavy atom. The highest BCUT2D eigenvalue weighted by atomic mass is 35.5. The first kappa shape index (κ1) is 14.5. The van der Waals surface area contributed by atoms with Gasteiger partial charge >= 0.3 is 0 Å². The molecular formula is C16H17ClN2O. The predicted octanol–water partition coefficient (Wildman–Crippen LogP) is 3.92. The van der Waals surface area contributed by atoms with Crippen LogP contribution in [0.4, 0.5) is 5.69 Å². The molecule has 20 heavy (non-hydrogen) atoms. The molecule has 0 aliphatic heterocycles. The Balaban J connectivity index is 1.92. The molecule has 0 radical (unpaired) electrons. The van der Waals surface area contributed by atoms with Gasteiger partial charge in [-0.25, -0.2) is 4.98 Å². The molecule has 1 aromatic carbocycles. The van der Waals surface area contributed by atoms with Gasteiger partial charge in [0.05, 0.1) is 11.4 Å². The van der Waals surface area contributed by atoms with Gasteiger partial charge in [0.15, 0.2) is 0 Å². The SMILES string of the molecule is Cc1cccc(CCC(=O)Nc2ccc(Cl)nc2C)c1. The molecule has 0 saturated carbocycles. The van der Waals surface area contributed by atoms with Crippen molar-refractivity contribution >= 4 is 23.2 Å². The van der Waals surface area contributed by atoms with E-state index in [2.05, 4.69) is 16.4 Å². The highest BCUT2D eigenvalue weighted by molar-refractivity contribution is 6.29. The zero-order valence-electron chi connectivity index (χ0n) is 11.6. The number of nitrogens with one attached hydrogen (secondary N) is 1. The van der Waals surface area contributed by atoms with Crippen molar-refractivity contribution in [3.63, 3.8) is 0 Å². The maximum atomic E-state index is 11.9. The number of aromatic nitrogens is 1. The Morgan fingerprint density at radius 3 is 2.75 bits per heavy atom. The number of nitrogens with zero attached hydrogens (tertiary/aromatic N) is 1. The van der Waals surface area contributed by atoms with Crippen LogP contribution >= 0.6 is 11.6 Å². The molecule has 0 bridgehead atoms. The third-order valence-corrected chi connectivity index (χ3v) is 3.26. The van der Waals surface area contributed by atoms with Crippen LogP contribution in [0.5, 0.6) is 0 Å². The molecular weight excluding hydrogens is 272 g/mol. The first-order chi connectivity index (χ1) is 9.54. The van der Waals surface area contributed by atoms with E-state index in [1.165, 1.54) is 11.1 Å². The Morgan fingerprint density at radius 2 is 2.05 bits per heavy atom. The van der Waals surface area contributed by atoms with Crippen molar-refractivity contribution < 1.29 is 4.79 Å². The van der Waals surface area contributed by atoms with Crippen LogP contribution in [0.25, 0.3) is 0 Å². The quantitative estimate of drug-likeness (QED) is 0.866. The van der Waals surface area contributed by atoms with Gasteiger partial charge in [0.25, 0.3) is 0 Å². The number of hydrogen-bond acceptors (Lipinski definition) is 2. The molecule has 0 aliphatic rings. The van der Waals surface area contributed by atoms with Crippen molar-refractivity contribution in [3.8, 4) is 0 Å². The smallest absolute Gasteiger partial charge is 0.224 e. The number of rotatable bonds is 4. The normalized spacial score (nSPS) is 10.3. The van der Waals surface area contributed by atoms with Gasteiger partial charge in [-0.05, 0) is 38.0 Å². The van der Waals surface area contributed by atoms with Gasteiger partial charge < -0.3 is 5.32 Å². The van der Waals surface area contributed by atoms with Crippen molar-refractivity contribution in [1.29, 1.82) is 0 Å². The molecule has 3 nitrogen and oxygen atoms in total. The van der Waals surface area contributed by atoms with Crippen LogP contribution in [-0.4, -0.2) is 10.9 Å². The lowest BCUT2D eigenvalue weighted by molar-refractivity contribution is -0.116. The van der Waals surface area contributed by atoms with E-state index in [0.717, 1.165) is 12.1 Å². The van der Waals surface area contributed by atoms with Gasteiger partial charge in [-0.3, -0.25) is 4.79 Å². The van der Waals surface area contributed by atoms with E-state index in [4.69, 9.17) is 11.6 Å². The van der Waals surface area contributed by atoms with E-state index in [1.54, 1.807) is 12.1 Å². The molecule has 0 unspecified atom stereocenters. The zero-order valence-corrected chi connectivity index (χ0v) is 12.4. The molecule has 0 aliphatic carbocycles. The highest BCUT2D eigenvalue weighted by Gasteiger charge is 2.06. The Hall–Kier alpha value is -1.87. The minimum absolute atomic E-state index is 0.0151. The lowest BCUT2D eigenvalue weighted by Gasteiger charge is -2.08. The largest absolute Gasteiger partial charge is 0.324 e.